The third kappa shape index (κ3) is 8.21. The molecule has 73 heavy (non-hydrogen) atoms. The number of aromatic nitrogens is 1. The predicted molar refractivity (Wildman–Crippen MR) is 281 cm³/mol. The van der Waals surface area contributed by atoms with Crippen LogP contribution < -0.4 is 40.2 Å². The number of carboxylic acid groups (broad SMARTS) is 1. The molecule has 12 rings (SSSR count). The minimum Gasteiger partial charge on any atom is -0.497 e. The third-order valence-electron chi connectivity index (χ3n) is 15.6. The van der Waals surface area contributed by atoms with Crippen LogP contribution in [0.5, 0.6) is 17.2 Å². The molecule has 368 valence electrons. The molecule has 2 amide bonds. The van der Waals surface area contributed by atoms with Crippen LogP contribution in [0.3, 0.4) is 0 Å². The molecule has 3 N–H and O–H groups in total. The number of rotatable bonds is 11. The first-order valence-corrected chi connectivity index (χ1v) is 25.8. The molecule has 0 fully saturated rings. The van der Waals surface area contributed by atoms with Crippen molar-refractivity contribution in [2.75, 3.05) is 38.2 Å². The van der Waals surface area contributed by atoms with E-state index in [0.29, 0.717) is 38.7 Å². The Kier molecular flexibility index (Phi) is 11.9. The number of amides is 2. The minimum atomic E-state index is -1.05. The van der Waals surface area contributed by atoms with Crippen LogP contribution in [-0.2, 0) is 50.0 Å². The first-order valence-electron chi connectivity index (χ1n) is 25.4. The van der Waals surface area contributed by atoms with Crippen LogP contribution in [0.4, 0.5) is 5.69 Å². The number of anilines is 1. The van der Waals surface area contributed by atoms with Gasteiger partial charge < -0.3 is 30.1 Å². The molecular weight excluding hydrogens is 938 g/mol. The van der Waals surface area contributed by atoms with Crippen LogP contribution >= 0.6 is 11.6 Å². The lowest BCUT2D eigenvalue weighted by Gasteiger charge is -2.39. The monoisotopic (exact) mass is 992 g/mol. The van der Waals surface area contributed by atoms with Gasteiger partial charge >= 0.3 is 5.97 Å². The van der Waals surface area contributed by atoms with Crippen molar-refractivity contribution in [3.8, 4) is 17.2 Å². The average Bonchev–Trinajstić information content (AvgIpc) is 3.68. The molecule has 6 heterocycles. The summed E-state index contributed by atoms with van der Waals surface area (Å²) < 4.78 is 16.9. The second kappa shape index (κ2) is 18.7. The Hall–Kier alpha value is -7.70. The molecule has 0 bridgehead atoms. The number of nitrogens with one attached hydrogen (secondary N) is 2. The molecule has 0 radical (unpaired) electrons. The summed E-state index contributed by atoms with van der Waals surface area (Å²) in [6.07, 6.45) is 7.88. The molecule has 0 spiro atoms. The number of aryl methyl sites for hydroxylation is 2. The Morgan fingerprint density at radius 3 is 2.19 bits per heavy atom. The van der Waals surface area contributed by atoms with E-state index in [0.717, 1.165) is 127 Å². The zero-order valence-electron chi connectivity index (χ0n) is 41.0. The van der Waals surface area contributed by atoms with E-state index in [9.17, 15) is 24.3 Å². The Balaban J connectivity index is 0.799. The van der Waals surface area contributed by atoms with Crippen molar-refractivity contribution in [2.24, 2.45) is 0 Å². The number of carbonyl (C=O) groups is 4. The van der Waals surface area contributed by atoms with Gasteiger partial charge in [0, 0.05) is 99.4 Å². The van der Waals surface area contributed by atoms with E-state index in [1.807, 2.05) is 43.3 Å². The summed E-state index contributed by atoms with van der Waals surface area (Å²) >= 11 is 6.11. The Labute approximate surface area is 427 Å². The first-order chi connectivity index (χ1) is 35.5. The number of hydrogen-bond donors (Lipinski definition) is 3. The number of halogens is 1. The highest BCUT2D eigenvalue weighted by atomic mass is 35.5. The highest BCUT2D eigenvalue weighted by molar-refractivity contribution is 6.30. The number of fused-ring (bicyclic) bond motifs is 5. The van der Waals surface area contributed by atoms with E-state index >= 15 is 0 Å². The summed E-state index contributed by atoms with van der Waals surface area (Å²) in [5.74, 6) is 0.465. The maximum absolute atomic E-state index is 14.2. The van der Waals surface area contributed by atoms with E-state index in [2.05, 4.69) is 32.2 Å². The molecule has 0 aliphatic carbocycles. The lowest BCUT2D eigenvalue weighted by Crippen LogP contribution is -2.45. The summed E-state index contributed by atoms with van der Waals surface area (Å²) in [6.45, 7) is 6.43. The standard InChI is InChI=1S/C60H54ClN5O7/c1-34-46(47-30-42(72-2)20-22-51(47)66(34)59(69)37-15-18-41(61)19-16-37)31-52(67)62-32-35-11-13-36(14-12-35)33-63-58(68)40-17-21-43(60(70)71)48(29-40)53-49-27-38-7-3-23-64-25-5-9-44(54(38)64)56(49)73-57-45-10-6-26-65-24-4-8-39(55(45)65)28-50(53)57/h11-22,27-30H,3-10,23-26,31-33H2,1-2H3,(H2-,62,63,67,68,70,71)/p+1. The highest BCUT2D eigenvalue weighted by Gasteiger charge is 2.37. The second-order valence-corrected chi connectivity index (χ2v) is 20.4. The van der Waals surface area contributed by atoms with E-state index < -0.39 is 5.97 Å². The molecule has 5 aliphatic rings. The zero-order valence-corrected chi connectivity index (χ0v) is 41.7. The third-order valence-corrected chi connectivity index (χ3v) is 15.9. The average molecular weight is 994 g/mol. The van der Waals surface area contributed by atoms with Crippen molar-refractivity contribution in [1.29, 1.82) is 0 Å². The van der Waals surface area contributed by atoms with Crippen LogP contribution in [-0.4, -0.2) is 66.7 Å². The normalized spacial score (nSPS) is 15.1. The highest BCUT2D eigenvalue weighted by Crippen LogP contribution is 2.49. The smallest absolute Gasteiger partial charge is 0.336 e. The molecule has 7 aromatic rings. The van der Waals surface area contributed by atoms with Gasteiger partial charge in [0.05, 0.1) is 30.2 Å². The number of hydrogen-bond acceptors (Lipinski definition) is 7. The lowest BCUT2D eigenvalue weighted by atomic mass is 9.81. The lowest BCUT2D eigenvalue weighted by molar-refractivity contribution is -0.120. The maximum atomic E-state index is 14.2. The van der Waals surface area contributed by atoms with Crippen molar-refractivity contribution in [3.63, 3.8) is 0 Å². The number of ether oxygens (including phenoxy) is 2. The topological polar surface area (TPSA) is 142 Å². The van der Waals surface area contributed by atoms with Crippen molar-refractivity contribution in [3.05, 3.63) is 185 Å². The van der Waals surface area contributed by atoms with Gasteiger partial charge in [0.15, 0.2) is 0 Å². The largest absolute Gasteiger partial charge is 0.497 e. The number of carboxylic acids is 1. The maximum Gasteiger partial charge on any atom is 0.336 e. The van der Waals surface area contributed by atoms with Gasteiger partial charge in [-0.05, 0) is 146 Å². The van der Waals surface area contributed by atoms with E-state index in [1.165, 1.54) is 33.3 Å². The number of aromatic carboxylic acids is 1. The summed E-state index contributed by atoms with van der Waals surface area (Å²) in [5.41, 5.74) is 13.3. The molecular formula is C60H55ClN5O7+. The van der Waals surface area contributed by atoms with Gasteiger partial charge in [-0.25, -0.2) is 9.37 Å². The van der Waals surface area contributed by atoms with Crippen LogP contribution in [0.2, 0.25) is 5.02 Å². The van der Waals surface area contributed by atoms with Crippen LogP contribution in [0.25, 0.3) is 16.5 Å². The first kappa shape index (κ1) is 46.4. The van der Waals surface area contributed by atoms with Crippen molar-refractivity contribution in [2.45, 2.75) is 77.8 Å². The van der Waals surface area contributed by atoms with Gasteiger partial charge in [0.2, 0.25) is 11.3 Å². The number of benzene rings is 6. The van der Waals surface area contributed by atoms with Crippen molar-refractivity contribution < 1.29 is 33.8 Å². The fraction of sp³-hybridized carbons (Fsp3) is 0.283. The zero-order chi connectivity index (χ0) is 50.1. The Morgan fingerprint density at radius 1 is 0.740 bits per heavy atom. The Morgan fingerprint density at radius 2 is 1.44 bits per heavy atom. The molecule has 13 heteroatoms. The molecule has 12 nitrogen and oxygen atoms in total. The van der Waals surface area contributed by atoms with Gasteiger partial charge in [-0.2, -0.15) is 0 Å². The fourth-order valence-corrected chi connectivity index (χ4v) is 12.3. The molecule has 0 saturated carbocycles. The molecule has 5 aliphatic heterocycles. The number of methoxy groups -OCH3 is 1. The summed E-state index contributed by atoms with van der Waals surface area (Å²) in [6, 6.07) is 29.3. The molecule has 0 atom stereocenters. The molecule has 1 aromatic heterocycles. The van der Waals surface area contributed by atoms with Gasteiger partial charge in [0.25, 0.3) is 11.8 Å². The second-order valence-electron chi connectivity index (χ2n) is 20.0. The predicted octanol–water partition coefficient (Wildman–Crippen LogP) is 8.22. The van der Waals surface area contributed by atoms with Crippen LogP contribution in [0.1, 0.15) is 113 Å². The number of nitrogens with zero attached hydrogens (tertiary/aromatic N) is 3. The van der Waals surface area contributed by atoms with Crippen molar-refractivity contribution in [1.82, 2.24) is 19.8 Å². The summed E-state index contributed by atoms with van der Waals surface area (Å²) in [4.78, 5) is 57.3. The van der Waals surface area contributed by atoms with Gasteiger partial charge in [-0.3, -0.25) is 19.0 Å². The van der Waals surface area contributed by atoms with E-state index in [4.69, 9.17) is 21.1 Å². The van der Waals surface area contributed by atoms with Crippen LogP contribution in [0, 0.1) is 6.92 Å². The van der Waals surface area contributed by atoms with Gasteiger partial charge in [-0.1, -0.05) is 35.9 Å². The van der Waals surface area contributed by atoms with E-state index in [1.54, 1.807) is 60.2 Å². The summed E-state index contributed by atoms with van der Waals surface area (Å²) in [7, 11) is 1.58. The van der Waals surface area contributed by atoms with E-state index in [-0.39, 0.29) is 42.8 Å². The van der Waals surface area contributed by atoms with Gasteiger partial charge in [0.1, 0.15) is 30.3 Å². The fourth-order valence-electron chi connectivity index (χ4n) is 12.2. The minimum absolute atomic E-state index is 0.0468. The number of carbonyl (C=O) groups excluding carboxylic acids is 3. The van der Waals surface area contributed by atoms with Crippen LogP contribution in [0.15, 0.2) is 97.1 Å². The quantitative estimate of drug-likeness (QED) is 0.110. The molecule has 0 saturated heterocycles. The van der Waals surface area contributed by atoms with Gasteiger partial charge in [-0.15, -0.1) is 0 Å². The molecule has 0 unspecified atom stereocenters. The summed E-state index contributed by atoms with van der Waals surface area (Å²) in [5, 5.41) is 20.4. The Bertz CT molecular complexity index is 3630. The van der Waals surface area contributed by atoms with Crippen molar-refractivity contribution >= 4 is 57.5 Å². The SMILES string of the molecule is COc1ccc2c(c1)c(CC(=O)NCc1ccc(CNC(=O)c3ccc(C(=O)O)c(C4=c5cc6c7c(c5Oc5c4cc4c8c5CCCN8CCC4)CCC[N+]=7CCC6)c3)cc1)c(C)n2C(=O)c1ccc(Cl)cc1. The molecule has 6 aromatic carbocycles.